The van der Waals surface area contributed by atoms with Crippen LogP contribution in [0.5, 0.6) is 0 Å². The minimum absolute atomic E-state index is 0. The molecule has 2 saturated heterocycles. The highest BCUT2D eigenvalue weighted by Crippen LogP contribution is 2.78. The van der Waals surface area contributed by atoms with E-state index in [4.69, 9.17) is 9.47 Å². The fourth-order valence-corrected chi connectivity index (χ4v) is 14.0. The number of esters is 2. The van der Waals surface area contributed by atoms with Crippen LogP contribution < -0.4 is 0 Å². The van der Waals surface area contributed by atoms with Crippen molar-refractivity contribution in [2.75, 3.05) is 0 Å². The molecule has 0 aromatic rings. The number of carboxylic acid groups (broad SMARTS) is 2. The van der Waals surface area contributed by atoms with Crippen LogP contribution in [0.1, 0.15) is 72.6 Å². The van der Waals surface area contributed by atoms with E-state index in [0.29, 0.717) is 62.5 Å². The number of hydrogen-bond donors (Lipinski definition) is 6. The van der Waals surface area contributed by atoms with Gasteiger partial charge < -0.3 is 40.1 Å². The van der Waals surface area contributed by atoms with Crippen LogP contribution in [0.25, 0.3) is 0 Å². The van der Waals surface area contributed by atoms with E-state index in [1.807, 2.05) is 0 Å². The maximum atomic E-state index is 12.7. The Kier molecular flexibility index (Phi) is 6.68. The molecule has 16 atom stereocenters. The zero-order valence-electron chi connectivity index (χ0n) is 28.1. The van der Waals surface area contributed by atoms with Crippen LogP contribution in [0.3, 0.4) is 0 Å². The Balaban J connectivity index is 0.000000144. The minimum Gasteiger partial charge on any atom is -0.481 e. The van der Waals surface area contributed by atoms with E-state index in [-0.39, 0.29) is 19.3 Å². The van der Waals surface area contributed by atoms with Gasteiger partial charge in [-0.15, -0.1) is 0 Å². The lowest BCUT2D eigenvalue weighted by molar-refractivity contribution is -0.163. The molecule has 0 unspecified atom stereocenters. The van der Waals surface area contributed by atoms with Gasteiger partial charge >= 0.3 is 23.9 Å². The minimum atomic E-state index is -1.27. The largest absolute Gasteiger partial charge is 0.481 e. The number of aliphatic hydroxyl groups excluding tert-OH is 2. The van der Waals surface area contributed by atoms with Crippen LogP contribution in [-0.4, -0.2) is 89.6 Å². The van der Waals surface area contributed by atoms with Gasteiger partial charge in [0.25, 0.3) is 0 Å². The number of rotatable bonds is 2. The average molecular weight is 709 g/mol. The number of fused-ring (bicyclic) bond motifs is 7. The summed E-state index contributed by atoms with van der Waals surface area (Å²) in [7, 11) is 0. The molecule has 12 heteroatoms. The second kappa shape index (κ2) is 9.80. The van der Waals surface area contributed by atoms with E-state index in [1.165, 1.54) is 0 Å². The van der Waals surface area contributed by atoms with Gasteiger partial charge in [-0.2, -0.15) is 0 Å². The van der Waals surface area contributed by atoms with E-state index >= 15 is 0 Å². The molecule has 8 fully saturated rings. The van der Waals surface area contributed by atoms with Crippen molar-refractivity contribution < 1.29 is 59.3 Å². The molecule has 8 bridgehead atoms. The first kappa shape index (κ1) is 34.7. The second-order valence-electron chi connectivity index (χ2n) is 17.8. The Morgan fingerprint density at radius 1 is 0.863 bits per heavy atom. The van der Waals surface area contributed by atoms with Crippen molar-refractivity contribution in [2.45, 2.75) is 108 Å². The number of aliphatic carboxylic acids is 2. The number of carbonyl (C=O) groups excluding carboxylic acids is 2. The van der Waals surface area contributed by atoms with Crippen molar-refractivity contribution in [1.29, 1.82) is 0 Å². The van der Waals surface area contributed by atoms with Gasteiger partial charge in [0.1, 0.15) is 28.6 Å². The van der Waals surface area contributed by atoms with Gasteiger partial charge in [0.05, 0.1) is 29.1 Å². The molecule has 0 radical (unpaired) electrons. The first-order valence-electron chi connectivity index (χ1n) is 17.8. The standard InChI is InChI=1S/2C19H22O6.CH4/c1-9-7-17-8-18(9,24)5-3-10(17)19-6-4-11(20)16(2,15(23)25-19)13(19)12(17)14(21)22;1-8-6-18-7-19(8,24)4-3-10(18)9-5-11-14(20)17(2,16(23)25-11)12(9)13(18)15(21)22;/h4,6,10-13,20,24H,1,3,5,7-8H2,2H3,(H,21,22);5,10-14,20,24H,1,3-4,6-7H2,2H3,(H,21,22);1H4/t10-,11+,12-,13-,16-,17+,18+,19+;10-,11+,12+,13+,14-,17-,18-,19-;/m10./s1. The zero-order valence-corrected chi connectivity index (χ0v) is 28.1. The molecule has 10 aliphatic rings. The fourth-order valence-electron chi connectivity index (χ4n) is 14.0. The molecule has 2 heterocycles. The van der Waals surface area contributed by atoms with Crippen molar-refractivity contribution in [3.63, 3.8) is 0 Å². The summed E-state index contributed by atoms with van der Waals surface area (Å²) in [5, 5.41) is 63.3. The maximum Gasteiger partial charge on any atom is 0.316 e. The molecule has 276 valence electrons. The van der Waals surface area contributed by atoms with Crippen LogP contribution in [0.2, 0.25) is 0 Å². The van der Waals surface area contributed by atoms with Crippen molar-refractivity contribution in [1.82, 2.24) is 0 Å². The highest BCUT2D eigenvalue weighted by Gasteiger charge is 2.83. The van der Waals surface area contributed by atoms with Gasteiger partial charge in [-0.1, -0.05) is 32.2 Å². The topological polar surface area (TPSA) is 208 Å². The predicted octanol–water partition coefficient (Wildman–Crippen LogP) is 2.69. The van der Waals surface area contributed by atoms with Crippen LogP contribution in [0.4, 0.5) is 0 Å². The number of allylic oxidation sites excluding steroid dienone is 1. The van der Waals surface area contributed by atoms with Gasteiger partial charge in [-0.25, -0.2) is 0 Å². The molecular formula is C39H48O12. The van der Waals surface area contributed by atoms with Gasteiger partial charge in [0, 0.05) is 17.8 Å². The SMILES string of the molecule is C.C=C1C[C@]23C[C@@]1(O)CC[C@H]2C1=C[C@H]2OC(=O)[C@@](C)([C@H]1[C@@H]3C(=O)O)[C@H]2O.C=C1C[C@]23C[C@@]1(O)CC[C@H]2[C@]12C=C[C@H](O)[C@@](C)(C(=O)O1)[C@H]2[C@@H]3C(=O)O. The monoisotopic (exact) mass is 708 g/mol. The normalized spacial score (nSPS) is 55.6. The Morgan fingerprint density at radius 2 is 1.45 bits per heavy atom. The molecule has 2 aliphatic heterocycles. The van der Waals surface area contributed by atoms with E-state index in [0.717, 1.165) is 5.57 Å². The number of ether oxygens (including phenoxy) is 2. The third-order valence-corrected chi connectivity index (χ3v) is 16.1. The lowest BCUT2D eigenvalue weighted by atomic mass is 9.61. The van der Waals surface area contributed by atoms with Crippen molar-refractivity contribution in [2.24, 2.45) is 57.2 Å². The van der Waals surface area contributed by atoms with Gasteiger partial charge in [0.15, 0.2) is 0 Å². The third-order valence-electron chi connectivity index (χ3n) is 16.1. The third kappa shape index (κ3) is 3.56. The number of aliphatic hydroxyl groups is 4. The summed E-state index contributed by atoms with van der Waals surface area (Å²) in [5.74, 6) is -6.11. The van der Waals surface area contributed by atoms with E-state index < -0.39 is 104 Å². The molecule has 6 saturated carbocycles. The Labute approximate surface area is 295 Å². The zero-order chi connectivity index (χ0) is 35.9. The second-order valence-corrected chi connectivity index (χ2v) is 17.8. The summed E-state index contributed by atoms with van der Waals surface area (Å²) in [6.45, 7) is 11.3. The maximum absolute atomic E-state index is 12.7. The Morgan fingerprint density at radius 3 is 2.08 bits per heavy atom. The average Bonchev–Trinajstić information content (AvgIpc) is 3.68. The Bertz CT molecular complexity index is 1800. The van der Waals surface area contributed by atoms with Gasteiger partial charge in [-0.3, -0.25) is 19.2 Å². The molecule has 6 N–H and O–H groups in total. The summed E-state index contributed by atoms with van der Waals surface area (Å²) in [6.07, 6.45) is 6.26. The van der Waals surface area contributed by atoms with Crippen molar-refractivity contribution in [3.8, 4) is 0 Å². The summed E-state index contributed by atoms with van der Waals surface area (Å²) >= 11 is 0. The van der Waals surface area contributed by atoms with Crippen molar-refractivity contribution in [3.05, 3.63) is 48.1 Å². The predicted molar refractivity (Wildman–Crippen MR) is 177 cm³/mol. The highest BCUT2D eigenvalue weighted by molar-refractivity contribution is 5.87. The quantitative estimate of drug-likeness (QED) is 0.181. The smallest absolute Gasteiger partial charge is 0.316 e. The summed E-state index contributed by atoms with van der Waals surface area (Å²) in [4.78, 5) is 50.0. The van der Waals surface area contributed by atoms with Crippen LogP contribution in [0, 0.1) is 57.2 Å². The molecule has 2 spiro atoms. The van der Waals surface area contributed by atoms with Crippen LogP contribution in [-0.2, 0) is 28.7 Å². The van der Waals surface area contributed by atoms with E-state index in [1.54, 1.807) is 32.1 Å². The number of hydrogen-bond acceptors (Lipinski definition) is 10. The molecule has 0 aromatic carbocycles. The van der Waals surface area contributed by atoms with Crippen LogP contribution >= 0.6 is 0 Å². The first-order valence-corrected chi connectivity index (χ1v) is 17.8. The highest BCUT2D eigenvalue weighted by atomic mass is 16.6. The fraction of sp³-hybridized carbons (Fsp3) is 0.692. The van der Waals surface area contributed by atoms with Crippen LogP contribution in [0.15, 0.2) is 48.1 Å². The van der Waals surface area contributed by atoms with Gasteiger partial charge in [0.2, 0.25) is 0 Å². The molecule has 10 rings (SSSR count). The molecule has 0 amide bonds. The molecule has 51 heavy (non-hydrogen) atoms. The molecular weight excluding hydrogens is 660 g/mol. The molecule has 12 nitrogen and oxygen atoms in total. The summed E-state index contributed by atoms with van der Waals surface area (Å²) in [6, 6.07) is 0. The Hall–Kier alpha value is -3.32. The lowest BCUT2D eigenvalue weighted by Crippen LogP contribution is -2.50. The number of carbonyl (C=O) groups is 4. The lowest BCUT2D eigenvalue weighted by Gasteiger charge is -2.44. The van der Waals surface area contributed by atoms with E-state index in [2.05, 4.69) is 13.2 Å². The summed E-state index contributed by atoms with van der Waals surface area (Å²) in [5.41, 5.74) is -4.52. The molecule has 8 aliphatic carbocycles. The van der Waals surface area contributed by atoms with Crippen molar-refractivity contribution >= 4 is 23.9 Å². The molecule has 0 aromatic heterocycles. The summed E-state index contributed by atoms with van der Waals surface area (Å²) < 4.78 is 11.2. The first-order chi connectivity index (χ1) is 23.3. The number of carboxylic acids is 2. The van der Waals surface area contributed by atoms with Gasteiger partial charge in [-0.05, 0) is 105 Å². The van der Waals surface area contributed by atoms with E-state index in [9.17, 15) is 49.8 Å².